The maximum atomic E-state index is 4.32. The minimum atomic E-state index is 0.671. The third kappa shape index (κ3) is 2.81. The largest absolute Gasteiger partial charge is 0.314 e. The van der Waals surface area contributed by atoms with Crippen LogP contribution in [0.4, 0.5) is 0 Å². The summed E-state index contributed by atoms with van der Waals surface area (Å²) >= 11 is 0. The Balaban J connectivity index is 1.92. The van der Waals surface area contributed by atoms with Gasteiger partial charge >= 0.3 is 0 Å². The number of rotatable bonds is 6. The highest BCUT2D eigenvalue weighted by molar-refractivity contribution is 5.08. The molecule has 1 saturated carbocycles. The number of nitrogens with zero attached hydrogens (tertiary/aromatic N) is 2. The van der Waals surface area contributed by atoms with Crippen molar-refractivity contribution in [2.45, 2.75) is 45.7 Å². The second-order valence-electron chi connectivity index (χ2n) is 4.41. The molecule has 1 atom stereocenters. The summed E-state index contributed by atoms with van der Waals surface area (Å²) in [6, 6.07) is 0.671. The van der Waals surface area contributed by atoms with Crippen LogP contribution >= 0.6 is 0 Å². The highest BCUT2D eigenvalue weighted by atomic mass is 15.3. The average molecular weight is 207 g/mol. The fraction of sp³-hybridized carbons (Fsp3) is 0.750. The number of aromatic nitrogens is 2. The quantitative estimate of drug-likeness (QED) is 0.771. The fourth-order valence-corrected chi connectivity index (χ4v) is 2.10. The number of hydrogen-bond acceptors (Lipinski definition) is 2. The minimum absolute atomic E-state index is 0.671. The molecule has 3 nitrogen and oxygen atoms in total. The molecule has 84 valence electrons. The monoisotopic (exact) mass is 207 g/mol. The van der Waals surface area contributed by atoms with Crippen LogP contribution < -0.4 is 5.32 Å². The molecule has 1 aromatic rings. The van der Waals surface area contributed by atoms with E-state index in [0.717, 1.165) is 25.4 Å². The molecule has 0 amide bonds. The van der Waals surface area contributed by atoms with Gasteiger partial charge in [0, 0.05) is 18.8 Å². The van der Waals surface area contributed by atoms with Crippen molar-refractivity contribution in [3.05, 3.63) is 18.0 Å². The van der Waals surface area contributed by atoms with Crippen molar-refractivity contribution in [1.82, 2.24) is 15.1 Å². The molecule has 1 N–H and O–H groups in total. The van der Waals surface area contributed by atoms with Crippen molar-refractivity contribution in [3.8, 4) is 0 Å². The van der Waals surface area contributed by atoms with E-state index in [2.05, 4.69) is 30.5 Å². The summed E-state index contributed by atoms with van der Waals surface area (Å²) in [5, 5.41) is 7.90. The van der Waals surface area contributed by atoms with Gasteiger partial charge in [0.1, 0.15) is 0 Å². The summed E-state index contributed by atoms with van der Waals surface area (Å²) < 4.78 is 2.01. The Labute approximate surface area is 91.9 Å². The van der Waals surface area contributed by atoms with E-state index in [1.54, 1.807) is 0 Å². The first-order chi connectivity index (χ1) is 7.33. The number of hydrogen-bond donors (Lipinski definition) is 1. The van der Waals surface area contributed by atoms with Crippen LogP contribution in [0.25, 0.3) is 0 Å². The van der Waals surface area contributed by atoms with Crippen molar-refractivity contribution in [2.75, 3.05) is 6.54 Å². The van der Waals surface area contributed by atoms with Gasteiger partial charge in [-0.3, -0.25) is 4.68 Å². The normalized spacial score (nSPS) is 18.0. The van der Waals surface area contributed by atoms with Gasteiger partial charge in [0.05, 0.1) is 6.20 Å². The van der Waals surface area contributed by atoms with Gasteiger partial charge in [0.15, 0.2) is 0 Å². The molecule has 1 aliphatic carbocycles. The number of nitrogens with one attached hydrogen (secondary N) is 1. The summed E-state index contributed by atoms with van der Waals surface area (Å²) in [4.78, 5) is 0. The van der Waals surface area contributed by atoms with Crippen LogP contribution in [0.3, 0.4) is 0 Å². The van der Waals surface area contributed by atoms with Crippen LogP contribution in [0.15, 0.2) is 12.4 Å². The summed E-state index contributed by atoms with van der Waals surface area (Å²) in [5.74, 6) is 0.912. The Morgan fingerprint density at radius 3 is 2.87 bits per heavy atom. The molecule has 0 aromatic carbocycles. The molecule has 3 heteroatoms. The average Bonchev–Trinajstić information content (AvgIpc) is 2.99. The molecule has 1 heterocycles. The molecule has 1 fully saturated rings. The predicted octanol–water partition coefficient (Wildman–Crippen LogP) is 1.83. The zero-order chi connectivity index (χ0) is 10.7. The predicted molar refractivity (Wildman–Crippen MR) is 61.8 cm³/mol. The van der Waals surface area contributed by atoms with Crippen LogP contribution in [0.2, 0.25) is 0 Å². The molecule has 0 radical (unpaired) electrons. The van der Waals surface area contributed by atoms with Gasteiger partial charge in [-0.05, 0) is 44.2 Å². The smallest absolute Gasteiger partial charge is 0.0522 e. The summed E-state index contributed by atoms with van der Waals surface area (Å²) in [7, 11) is 0. The van der Waals surface area contributed by atoms with Gasteiger partial charge in [0.2, 0.25) is 0 Å². The maximum absolute atomic E-state index is 4.32. The van der Waals surface area contributed by atoms with E-state index >= 15 is 0 Å². The van der Waals surface area contributed by atoms with Crippen LogP contribution in [-0.4, -0.2) is 22.4 Å². The Morgan fingerprint density at radius 1 is 1.53 bits per heavy atom. The molecule has 0 saturated heterocycles. The first-order valence-electron chi connectivity index (χ1n) is 6.08. The summed E-state index contributed by atoms with van der Waals surface area (Å²) in [6.45, 7) is 6.35. The topological polar surface area (TPSA) is 29.9 Å². The second-order valence-corrected chi connectivity index (χ2v) is 4.41. The van der Waals surface area contributed by atoms with E-state index < -0.39 is 0 Å². The van der Waals surface area contributed by atoms with Crippen LogP contribution in [0.5, 0.6) is 0 Å². The lowest BCUT2D eigenvalue weighted by Gasteiger charge is -2.15. The molecule has 2 rings (SSSR count). The first kappa shape index (κ1) is 10.7. The molecular weight excluding hydrogens is 186 g/mol. The Hall–Kier alpha value is -0.830. The van der Waals surface area contributed by atoms with Gasteiger partial charge in [-0.2, -0.15) is 5.10 Å². The standard InChI is InChI=1S/C12H21N3/c1-3-13-12(11-5-6-11)7-10-8-14-15(4-2)9-10/h8-9,11-13H,3-7H2,1-2H3. The molecule has 0 bridgehead atoms. The molecule has 0 spiro atoms. The summed E-state index contributed by atoms with van der Waals surface area (Å²) in [6.07, 6.45) is 8.13. The minimum Gasteiger partial charge on any atom is -0.314 e. The van der Waals surface area contributed by atoms with E-state index in [1.807, 2.05) is 10.9 Å². The third-order valence-electron chi connectivity index (χ3n) is 3.12. The van der Waals surface area contributed by atoms with E-state index in [0.29, 0.717) is 6.04 Å². The first-order valence-corrected chi connectivity index (χ1v) is 6.08. The van der Waals surface area contributed by atoms with Crippen LogP contribution in [0.1, 0.15) is 32.3 Å². The molecule has 0 aliphatic heterocycles. The molecular formula is C12H21N3. The number of likely N-dealkylation sites (N-methyl/N-ethyl adjacent to an activating group) is 1. The van der Waals surface area contributed by atoms with Crippen molar-refractivity contribution in [1.29, 1.82) is 0 Å². The lowest BCUT2D eigenvalue weighted by atomic mass is 10.1. The molecule has 1 unspecified atom stereocenters. The van der Waals surface area contributed by atoms with E-state index in [1.165, 1.54) is 18.4 Å². The zero-order valence-electron chi connectivity index (χ0n) is 9.74. The van der Waals surface area contributed by atoms with E-state index in [4.69, 9.17) is 0 Å². The lowest BCUT2D eigenvalue weighted by molar-refractivity contribution is 0.472. The van der Waals surface area contributed by atoms with Crippen molar-refractivity contribution >= 4 is 0 Å². The maximum Gasteiger partial charge on any atom is 0.0522 e. The van der Waals surface area contributed by atoms with E-state index in [-0.39, 0.29) is 0 Å². The van der Waals surface area contributed by atoms with Gasteiger partial charge in [-0.1, -0.05) is 6.92 Å². The Kier molecular flexibility index (Phi) is 3.41. The van der Waals surface area contributed by atoms with Gasteiger partial charge < -0.3 is 5.32 Å². The van der Waals surface area contributed by atoms with E-state index in [9.17, 15) is 0 Å². The molecule has 1 aromatic heterocycles. The zero-order valence-corrected chi connectivity index (χ0v) is 9.74. The number of aryl methyl sites for hydroxylation is 1. The highest BCUT2D eigenvalue weighted by Crippen LogP contribution is 2.33. The Bertz CT molecular complexity index is 302. The van der Waals surface area contributed by atoms with Crippen molar-refractivity contribution in [3.63, 3.8) is 0 Å². The van der Waals surface area contributed by atoms with Gasteiger partial charge in [-0.15, -0.1) is 0 Å². The van der Waals surface area contributed by atoms with Crippen LogP contribution in [-0.2, 0) is 13.0 Å². The summed E-state index contributed by atoms with van der Waals surface area (Å²) in [5.41, 5.74) is 1.37. The van der Waals surface area contributed by atoms with Gasteiger partial charge in [0.25, 0.3) is 0 Å². The second kappa shape index (κ2) is 4.79. The Morgan fingerprint density at radius 2 is 2.33 bits per heavy atom. The van der Waals surface area contributed by atoms with Crippen molar-refractivity contribution in [2.24, 2.45) is 5.92 Å². The molecule has 15 heavy (non-hydrogen) atoms. The van der Waals surface area contributed by atoms with Crippen LogP contribution in [0, 0.1) is 5.92 Å². The SMILES string of the molecule is CCNC(Cc1cnn(CC)c1)C1CC1. The third-order valence-corrected chi connectivity index (χ3v) is 3.12. The lowest BCUT2D eigenvalue weighted by Crippen LogP contribution is -2.32. The fourth-order valence-electron chi connectivity index (χ4n) is 2.10. The molecule has 1 aliphatic rings. The van der Waals surface area contributed by atoms with Crippen molar-refractivity contribution < 1.29 is 0 Å². The highest BCUT2D eigenvalue weighted by Gasteiger charge is 2.30. The van der Waals surface area contributed by atoms with Gasteiger partial charge in [-0.25, -0.2) is 0 Å².